The van der Waals surface area contributed by atoms with Crippen molar-refractivity contribution in [3.05, 3.63) is 47.5 Å². The summed E-state index contributed by atoms with van der Waals surface area (Å²) in [6.45, 7) is 2.27. The summed E-state index contributed by atoms with van der Waals surface area (Å²) in [5.74, 6) is 0.648. The lowest BCUT2D eigenvalue weighted by atomic mass is 9.64. The van der Waals surface area contributed by atoms with Crippen molar-refractivity contribution in [3.8, 4) is 0 Å². The highest BCUT2D eigenvalue weighted by molar-refractivity contribution is 6.09. The maximum Gasteiger partial charge on any atom is 0.167 e. The minimum Gasteiger partial charge on any atom is -0.294 e. The van der Waals surface area contributed by atoms with Gasteiger partial charge in [-0.1, -0.05) is 56.2 Å². The topological polar surface area (TPSA) is 17.1 Å². The number of carbonyl (C=O) groups excluding carboxylic acids is 1. The van der Waals surface area contributed by atoms with E-state index in [1.165, 1.54) is 35.6 Å². The summed E-state index contributed by atoms with van der Waals surface area (Å²) in [4.78, 5) is 12.8. The van der Waals surface area contributed by atoms with Gasteiger partial charge in [0.2, 0.25) is 0 Å². The van der Waals surface area contributed by atoms with E-state index in [1.807, 2.05) is 0 Å². The number of hydrogen-bond donors (Lipinski definition) is 0. The zero-order chi connectivity index (χ0) is 13.7. The predicted octanol–water partition coefficient (Wildman–Crippen LogP) is 4.87. The fraction of sp³-hybridized carbons (Fsp3) is 0.421. The van der Waals surface area contributed by atoms with Crippen molar-refractivity contribution >= 4 is 16.6 Å². The van der Waals surface area contributed by atoms with Gasteiger partial charge in [-0.2, -0.15) is 0 Å². The fourth-order valence-corrected chi connectivity index (χ4v) is 4.72. The van der Waals surface area contributed by atoms with Gasteiger partial charge in [-0.05, 0) is 35.6 Å². The Bertz CT molecular complexity index is 700. The molecule has 0 saturated heterocycles. The molecule has 1 nitrogen and oxygen atoms in total. The molecule has 2 aromatic carbocycles. The SMILES string of the molecule is CC[C@@]12CCCC[C@@H]1C(=O)c1ccc3ccccc3c12. The Morgan fingerprint density at radius 2 is 2.00 bits per heavy atom. The first-order valence-electron chi connectivity index (χ1n) is 7.84. The smallest absolute Gasteiger partial charge is 0.167 e. The molecule has 0 aromatic heterocycles. The van der Waals surface area contributed by atoms with Gasteiger partial charge in [0.25, 0.3) is 0 Å². The Kier molecular flexibility index (Phi) is 2.54. The van der Waals surface area contributed by atoms with E-state index in [-0.39, 0.29) is 11.3 Å². The van der Waals surface area contributed by atoms with Crippen LogP contribution in [-0.2, 0) is 5.41 Å². The van der Waals surface area contributed by atoms with E-state index < -0.39 is 0 Å². The van der Waals surface area contributed by atoms with Gasteiger partial charge in [0, 0.05) is 16.9 Å². The van der Waals surface area contributed by atoms with Crippen molar-refractivity contribution in [3.63, 3.8) is 0 Å². The lowest BCUT2D eigenvalue weighted by molar-refractivity contribution is 0.0824. The lowest BCUT2D eigenvalue weighted by Gasteiger charge is -2.39. The molecule has 1 heteroatoms. The number of rotatable bonds is 1. The normalized spacial score (nSPS) is 28.4. The van der Waals surface area contributed by atoms with Crippen molar-refractivity contribution in [2.24, 2.45) is 5.92 Å². The molecule has 0 amide bonds. The van der Waals surface area contributed by atoms with Crippen LogP contribution in [0.2, 0.25) is 0 Å². The predicted molar refractivity (Wildman–Crippen MR) is 82.2 cm³/mol. The minimum absolute atomic E-state index is 0.117. The zero-order valence-corrected chi connectivity index (χ0v) is 12.0. The summed E-state index contributed by atoms with van der Waals surface area (Å²) in [7, 11) is 0. The Morgan fingerprint density at radius 1 is 1.15 bits per heavy atom. The van der Waals surface area contributed by atoms with Crippen LogP contribution in [0.4, 0.5) is 0 Å². The molecule has 0 radical (unpaired) electrons. The van der Waals surface area contributed by atoms with E-state index in [0.29, 0.717) is 5.78 Å². The average Bonchev–Trinajstić information content (AvgIpc) is 2.78. The van der Waals surface area contributed by atoms with Gasteiger partial charge < -0.3 is 0 Å². The highest BCUT2D eigenvalue weighted by Crippen LogP contribution is 2.55. The number of hydrogen-bond acceptors (Lipinski definition) is 1. The molecule has 4 rings (SSSR count). The third-order valence-corrected chi connectivity index (χ3v) is 5.67. The summed E-state index contributed by atoms with van der Waals surface area (Å²) < 4.78 is 0. The number of carbonyl (C=O) groups is 1. The van der Waals surface area contributed by atoms with E-state index in [1.54, 1.807) is 0 Å². The summed E-state index contributed by atoms with van der Waals surface area (Å²) in [5, 5.41) is 2.59. The quantitative estimate of drug-likeness (QED) is 0.718. The van der Waals surface area contributed by atoms with E-state index in [4.69, 9.17) is 0 Å². The van der Waals surface area contributed by atoms with Gasteiger partial charge in [0.05, 0.1) is 0 Å². The van der Waals surface area contributed by atoms with Gasteiger partial charge in [-0.25, -0.2) is 0 Å². The second-order valence-corrected chi connectivity index (χ2v) is 6.38. The second kappa shape index (κ2) is 4.18. The first-order chi connectivity index (χ1) is 9.78. The molecule has 0 bridgehead atoms. The Hall–Kier alpha value is -1.63. The zero-order valence-electron chi connectivity index (χ0n) is 12.0. The van der Waals surface area contributed by atoms with E-state index in [0.717, 1.165) is 18.4 Å². The summed E-state index contributed by atoms with van der Waals surface area (Å²) in [5.41, 5.74) is 2.50. The van der Waals surface area contributed by atoms with E-state index in [2.05, 4.69) is 43.3 Å². The first-order valence-corrected chi connectivity index (χ1v) is 7.84. The molecule has 102 valence electrons. The van der Waals surface area contributed by atoms with Crippen molar-refractivity contribution in [2.45, 2.75) is 44.4 Å². The van der Waals surface area contributed by atoms with Gasteiger partial charge in [-0.3, -0.25) is 4.79 Å². The molecule has 0 heterocycles. The highest BCUT2D eigenvalue weighted by atomic mass is 16.1. The van der Waals surface area contributed by atoms with Crippen LogP contribution in [0, 0.1) is 5.92 Å². The van der Waals surface area contributed by atoms with Crippen LogP contribution >= 0.6 is 0 Å². The number of fused-ring (bicyclic) bond motifs is 5. The Balaban J connectivity index is 2.08. The van der Waals surface area contributed by atoms with Crippen LogP contribution in [0.25, 0.3) is 10.8 Å². The maximum absolute atomic E-state index is 12.8. The van der Waals surface area contributed by atoms with E-state index in [9.17, 15) is 4.79 Å². The van der Waals surface area contributed by atoms with Gasteiger partial charge in [0.1, 0.15) is 0 Å². The van der Waals surface area contributed by atoms with Crippen LogP contribution < -0.4 is 0 Å². The standard InChI is InChI=1S/C19H20O/c1-2-19-12-6-5-9-16(19)18(20)15-11-10-13-7-3-4-8-14(13)17(15)19/h3-4,7-8,10-11,16H,2,5-6,9,12H2,1H3/t16-,19-/m1/s1. The average molecular weight is 264 g/mol. The number of benzene rings is 2. The molecule has 20 heavy (non-hydrogen) atoms. The molecular formula is C19H20O. The molecule has 0 spiro atoms. The van der Waals surface area contributed by atoms with Gasteiger partial charge in [-0.15, -0.1) is 0 Å². The molecule has 0 aliphatic heterocycles. The molecule has 0 unspecified atom stereocenters. The van der Waals surface area contributed by atoms with Crippen LogP contribution in [0.3, 0.4) is 0 Å². The molecule has 1 fully saturated rings. The second-order valence-electron chi connectivity index (χ2n) is 6.38. The van der Waals surface area contributed by atoms with Crippen molar-refractivity contribution in [1.82, 2.24) is 0 Å². The highest BCUT2D eigenvalue weighted by Gasteiger charge is 2.52. The van der Waals surface area contributed by atoms with Gasteiger partial charge in [0.15, 0.2) is 5.78 Å². The summed E-state index contributed by atoms with van der Waals surface area (Å²) >= 11 is 0. The fourth-order valence-electron chi connectivity index (χ4n) is 4.72. The monoisotopic (exact) mass is 264 g/mol. The van der Waals surface area contributed by atoms with Crippen LogP contribution in [0.15, 0.2) is 36.4 Å². The lowest BCUT2D eigenvalue weighted by Crippen LogP contribution is -2.36. The van der Waals surface area contributed by atoms with Gasteiger partial charge >= 0.3 is 0 Å². The maximum atomic E-state index is 12.8. The van der Waals surface area contributed by atoms with Crippen molar-refractivity contribution < 1.29 is 4.79 Å². The third kappa shape index (κ3) is 1.36. The van der Waals surface area contributed by atoms with Crippen LogP contribution in [-0.4, -0.2) is 5.78 Å². The Labute approximate surface area is 120 Å². The first kappa shape index (κ1) is 12.1. The molecule has 2 atom stereocenters. The molecular weight excluding hydrogens is 244 g/mol. The minimum atomic E-state index is 0.117. The largest absolute Gasteiger partial charge is 0.294 e. The van der Waals surface area contributed by atoms with Crippen LogP contribution in [0.5, 0.6) is 0 Å². The van der Waals surface area contributed by atoms with Crippen molar-refractivity contribution in [1.29, 1.82) is 0 Å². The van der Waals surface area contributed by atoms with Crippen molar-refractivity contribution in [2.75, 3.05) is 0 Å². The summed E-state index contributed by atoms with van der Waals surface area (Å²) in [6, 6.07) is 12.8. The molecule has 1 saturated carbocycles. The number of ketones is 1. The third-order valence-electron chi connectivity index (χ3n) is 5.67. The molecule has 2 aliphatic carbocycles. The number of Topliss-reactive ketones (excluding diaryl/α,β-unsaturated/α-hetero) is 1. The van der Waals surface area contributed by atoms with E-state index >= 15 is 0 Å². The summed E-state index contributed by atoms with van der Waals surface area (Å²) in [6.07, 6.45) is 5.82. The molecule has 0 N–H and O–H groups in total. The molecule has 2 aliphatic rings. The van der Waals surface area contributed by atoms with Crippen LogP contribution in [0.1, 0.15) is 54.9 Å². The Morgan fingerprint density at radius 3 is 2.85 bits per heavy atom. The molecule has 2 aromatic rings.